The van der Waals surface area contributed by atoms with Crippen molar-refractivity contribution in [3.63, 3.8) is 0 Å². The van der Waals surface area contributed by atoms with Crippen LogP contribution in [0, 0.1) is 22.7 Å². The van der Waals surface area contributed by atoms with E-state index in [1.807, 2.05) is 18.2 Å². The lowest BCUT2D eigenvalue weighted by Crippen LogP contribution is -2.01. The first-order chi connectivity index (χ1) is 9.26. The largest absolute Gasteiger partial charge is 0.398 e. The summed E-state index contributed by atoms with van der Waals surface area (Å²) in [6, 6.07) is 17.0. The highest BCUT2D eigenvalue weighted by molar-refractivity contribution is 6.08. The minimum Gasteiger partial charge on any atom is -0.398 e. The predicted molar refractivity (Wildman–Crippen MR) is 73.5 cm³/mol. The molecule has 3 aliphatic rings. The number of fused-ring (bicyclic) bond motifs is 4. The Labute approximate surface area is 110 Å². The molecule has 2 N–H and O–H groups in total. The van der Waals surface area contributed by atoms with Gasteiger partial charge in [0.2, 0.25) is 0 Å². The van der Waals surface area contributed by atoms with Gasteiger partial charge in [0.25, 0.3) is 0 Å². The fourth-order valence-corrected chi connectivity index (χ4v) is 2.41. The van der Waals surface area contributed by atoms with E-state index in [9.17, 15) is 5.26 Å². The number of nitriles is 2. The van der Waals surface area contributed by atoms with Crippen LogP contribution in [0.25, 0.3) is 22.3 Å². The molecule has 0 fully saturated rings. The van der Waals surface area contributed by atoms with Crippen LogP contribution in [0.3, 0.4) is 0 Å². The van der Waals surface area contributed by atoms with Gasteiger partial charge in [0.15, 0.2) is 0 Å². The van der Waals surface area contributed by atoms with Gasteiger partial charge in [0, 0.05) is 16.8 Å². The number of hydrogen-bond acceptors (Lipinski definition) is 3. The molecule has 88 valence electrons. The average Bonchev–Trinajstić information content (AvgIpc) is 2.66. The molecule has 3 aliphatic carbocycles. The lowest BCUT2D eigenvalue weighted by atomic mass is 9.80. The standard InChI is InChI=1S/C16H9N3/c17-8-10-5-6-14(19)16-12-4-2-1-3-11(9-18)15(12)13(16)7-10/h1-7H,19H2. The molecule has 0 heterocycles. The highest BCUT2D eigenvalue weighted by Crippen LogP contribution is 2.50. The molecule has 0 spiro atoms. The molecule has 0 aromatic rings. The normalized spacial score (nSPS) is 10.2. The Hall–Kier alpha value is -3.04. The van der Waals surface area contributed by atoms with Gasteiger partial charge in [-0.25, -0.2) is 0 Å². The number of rotatable bonds is 0. The van der Waals surface area contributed by atoms with Crippen molar-refractivity contribution in [1.82, 2.24) is 0 Å². The van der Waals surface area contributed by atoms with Gasteiger partial charge in [0.1, 0.15) is 0 Å². The van der Waals surface area contributed by atoms with Gasteiger partial charge in [-0.3, -0.25) is 0 Å². The van der Waals surface area contributed by atoms with E-state index in [1.165, 1.54) is 0 Å². The first kappa shape index (κ1) is 11.1. The van der Waals surface area contributed by atoms with E-state index in [-0.39, 0.29) is 0 Å². The van der Waals surface area contributed by atoms with E-state index in [0.29, 0.717) is 16.8 Å². The van der Waals surface area contributed by atoms with Gasteiger partial charge in [-0.1, -0.05) is 18.2 Å². The molecular formula is C16H9N3. The molecule has 0 saturated heterocycles. The van der Waals surface area contributed by atoms with Crippen molar-refractivity contribution >= 4 is 5.69 Å². The highest BCUT2D eigenvalue weighted by atomic mass is 14.6. The van der Waals surface area contributed by atoms with Crippen LogP contribution < -0.4 is 5.73 Å². The van der Waals surface area contributed by atoms with Gasteiger partial charge in [0.05, 0.1) is 23.3 Å². The van der Waals surface area contributed by atoms with Crippen LogP contribution in [-0.4, -0.2) is 0 Å². The van der Waals surface area contributed by atoms with Crippen molar-refractivity contribution in [2.75, 3.05) is 5.73 Å². The van der Waals surface area contributed by atoms with E-state index in [0.717, 1.165) is 22.3 Å². The maximum absolute atomic E-state index is 9.23. The summed E-state index contributed by atoms with van der Waals surface area (Å²) in [6.45, 7) is 0. The monoisotopic (exact) mass is 243 g/mol. The summed E-state index contributed by atoms with van der Waals surface area (Å²) in [4.78, 5) is 0. The molecule has 0 bridgehead atoms. The Bertz CT molecular complexity index is 806. The van der Waals surface area contributed by atoms with Crippen LogP contribution in [0.5, 0.6) is 0 Å². The second-order valence-corrected chi connectivity index (χ2v) is 4.32. The van der Waals surface area contributed by atoms with Crippen molar-refractivity contribution in [3.05, 3.63) is 53.6 Å². The van der Waals surface area contributed by atoms with Crippen LogP contribution in [0.2, 0.25) is 0 Å². The van der Waals surface area contributed by atoms with Crippen molar-refractivity contribution in [1.29, 1.82) is 10.5 Å². The van der Waals surface area contributed by atoms with Gasteiger partial charge in [-0.15, -0.1) is 0 Å². The molecule has 3 heteroatoms. The van der Waals surface area contributed by atoms with Crippen LogP contribution in [0.15, 0.2) is 42.5 Å². The van der Waals surface area contributed by atoms with E-state index in [1.54, 1.807) is 24.3 Å². The molecule has 0 aromatic carbocycles. The third-order valence-electron chi connectivity index (χ3n) is 3.26. The van der Waals surface area contributed by atoms with Crippen molar-refractivity contribution in [3.8, 4) is 34.4 Å². The van der Waals surface area contributed by atoms with Gasteiger partial charge < -0.3 is 5.73 Å². The molecule has 0 amide bonds. The van der Waals surface area contributed by atoms with Gasteiger partial charge >= 0.3 is 0 Å². The molecule has 0 aromatic heterocycles. The zero-order valence-electron chi connectivity index (χ0n) is 10.0. The zero-order chi connectivity index (χ0) is 13.4. The molecule has 0 unspecified atom stereocenters. The molecule has 0 radical (unpaired) electrons. The molecule has 19 heavy (non-hydrogen) atoms. The number of nitrogens with two attached hydrogens (primary N) is 1. The van der Waals surface area contributed by atoms with E-state index >= 15 is 0 Å². The maximum Gasteiger partial charge on any atom is 0.0998 e. The first-order valence-corrected chi connectivity index (χ1v) is 5.80. The fourth-order valence-electron chi connectivity index (χ4n) is 2.41. The van der Waals surface area contributed by atoms with Crippen molar-refractivity contribution < 1.29 is 0 Å². The maximum atomic E-state index is 9.23. The number of nitrogen functional groups attached to an aromatic ring is 1. The van der Waals surface area contributed by atoms with Crippen molar-refractivity contribution in [2.24, 2.45) is 0 Å². The Morgan fingerprint density at radius 2 is 1.63 bits per heavy atom. The third kappa shape index (κ3) is 1.50. The lowest BCUT2D eigenvalue weighted by Gasteiger charge is -2.22. The van der Waals surface area contributed by atoms with Crippen LogP contribution >= 0.6 is 0 Å². The quantitative estimate of drug-likeness (QED) is 0.658. The first-order valence-electron chi connectivity index (χ1n) is 5.80. The summed E-state index contributed by atoms with van der Waals surface area (Å²) in [5.74, 6) is 0. The van der Waals surface area contributed by atoms with Crippen LogP contribution in [-0.2, 0) is 0 Å². The SMILES string of the molecule is N#Cc1ccc(N)c2c3ccccc(C#N)c-3c-2c1. The summed E-state index contributed by atoms with van der Waals surface area (Å²) in [7, 11) is 0. The van der Waals surface area contributed by atoms with Gasteiger partial charge in [-0.05, 0) is 35.4 Å². The summed E-state index contributed by atoms with van der Waals surface area (Å²) < 4.78 is 0. The lowest BCUT2D eigenvalue weighted by molar-refractivity contribution is 1.47. The third-order valence-corrected chi connectivity index (χ3v) is 3.26. The Morgan fingerprint density at radius 3 is 2.37 bits per heavy atom. The summed E-state index contributed by atoms with van der Waals surface area (Å²) in [6.07, 6.45) is 0. The minimum atomic E-state index is 0.536. The van der Waals surface area contributed by atoms with Gasteiger partial charge in [-0.2, -0.15) is 10.5 Å². The molecule has 3 nitrogen and oxygen atoms in total. The highest BCUT2D eigenvalue weighted by Gasteiger charge is 2.26. The smallest absolute Gasteiger partial charge is 0.0998 e. The summed E-state index contributed by atoms with van der Waals surface area (Å²) in [5.41, 5.74) is 11.4. The minimum absolute atomic E-state index is 0.536. The summed E-state index contributed by atoms with van der Waals surface area (Å²) >= 11 is 0. The zero-order valence-corrected chi connectivity index (χ0v) is 10.0. The summed E-state index contributed by atoms with van der Waals surface area (Å²) in [5, 5.41) is 18.3. The van der Waals surface area contributed by atoms with E-state index < -0.39 is 0 Å². The van der Waals surface area contributed by atoms with E-state index in [2.05, 4.69) is 12.1 Å². The topological polar surface area (TPSA) is 73.6 Å². The van der Waals surface area contributed by atoms with Crippen LogP contribution in [0.1, 0.15) is 11.1 Å². The van der Waals surface area contributed by atoms with Crippen LogP contribution in [0.4, 0.5) is 5.69 Å². The molecule has 0 saturated carbocycles. The Morgan fingerprint density at radius 1 is 0.842 bits per heavy atom. The molecule has 0 aliphatic heterocycles. The average molecular weight is 243 g/mol. The second kappa shape index (κ2) is 4.01. The number of anilines is 1. The number of hydrogen-bond donors (Lipinski definition) is 1. The second-order valence-electron chi connectivity index (χ2n) is 4.32. The van der Waals surface area contributed by atoms with E-state index in [4.69, 9.17) is 11.0 Å². The fraction of sp³-hybridized carbons (Fsp3) is 0. The number of nitrogens with zero attached hydrogens (tertiary/aromatic N) is 2. The van der Waals surface area contributed by atoms with Crippen molar-refractivity contribution in [2.45, 2.75) is 0 Å². The molecule has 0 atom stereocenters. The predicted octanol–water partition coefficient (Wildman–Crippen LogP) is 3.22. The Kier molecular flexibility index (Phi) is 2.34. The Balaban J connectivity index is 2.48. The molecular weight excluding hydrogens is 234 g/mol. The molecule has 3 rings (SSSR count).